The van der Waals surface area contributed by atoms with Crippen LogP contribution in [0.2, 0.25) is 0 Å². The summed E-state index contributed by atoms with van der Waals surface area (Å²) in [6, 6.07) is 8.37. The van der Waals surface area contributed by atoms with Gasteiger partial charge in [0.1, 0.15) is 0 Å². The molecule has 1 aromatic carbocycles. The molecule has 3 rings (SSSR count). The first-order chi connectivity index (χ1) is 10.9. The maximum absolute atomic E-state index is 9.04. The Morgan fingerprint density at radius 2 is 1.83 bits per heavy atom. The zero-order chi connectivity index (χ0) is 16.7. The normalized spacial score (nSPS) is 27.3. The Bertz CT molecular complexity index is 596. The summed E-state index contributed by atoms with van der Waals surface area (Å²) in [4.78, 5) is 4.55. The summed E-state index contributed by atoms with van der Waals surface area (Å²) < 4.78 is 12.5. The molecule has 1 saturated heterocycles. The van der Waals surface area contributed by atoms with E-state index in [0.29, 0.717) is 6.54 Å². The van der Waals surface area contributed by atoms with Crippen molar-refractivity contribution in [3.05, 3.63) is 35.4 Å². The lowest BCUT2D eigenvalue weighted by atomic mass is 9.61. The number of aliphatic imine (C=N–C) groups is 1. The van der Waals surface area contributed by atoms with E-state index in [0.717, 1.165) is 18.6 Å². The predicted octanol–water partition coefficient (Wildman–Crippen LogP) is 2.98. The monoisotopic (exact) mass is 315 g/mol. The molecule has 1 heterocycles. The first-order valence-electron chi connectivity index (χ1n) is 8.45. The molecular formula is C18H26BNO3. The van der Waals surface area contributed by atoms with Crippen molar-refractivity contribution in [2.24, 2.45) is 4.99 Å². The standard InChI is InChI=1S/C18H26BNO3/c1-17(2)18(3,4)23-19(22-17)15-9-10-16(20-11-12-21)14-8-6-5-7-13(14)15/h5-8,15,21H,9-12H2,1-4H3. The van der Waals surface area contributed by atoms with Gasteiger partial charge in [0.15, 0.2) is 0 Å². The highest BCUT2D eigenvalue weighted by molar-refractivity contribution is 6.48. The minimum atomic E-state index is -0.308. The summed E-state index contributed by atoms with van der Waals surface area (Å²) in [5.41, 5.74) is 2.89. The van der Waals surface area contributed by atoms with Gasteiger partial charge in [0.25, 0.3) is 0 Å². The smallest absolute Gasteiger partial charge is 0.403 e. The molecule has 0 spiro atoms. The van der Waals surface area contributed by atoms with Crippen molar-refractivity contribution < 1.29 is 14.4 Å². The van der Waals surface area contributed by atoms with Crippen molar-refractivity contribution in [2.75, 3.05) is 13.2 Å². The molecule has 23 heavy (non-hydrogen) atoms. The van der Waals surface area contributed by atoms with Crippen LogP contribution < -0.4 is 0 Å². The average Bonchev–Trinajstić information content (AvgIpc) is 2.72. The summed E-state index contributed by atoms with van der Waals surface area (Å²) >= 11 is 0. The Hall–Kier alpha value is -1.17. The van der Waals surface area contributed by atoms with Gasteiger partial charge in [0.2, 0.25) is 0 Å². The Morgan fingerprint density at radius 3 is 2.48 bits per heavy atom. The summed E-state index contributed by atoms with van der Waals surface area (Å²) in [6.45, 7) is 8.93. The summed E-state index contributed by atoms with van der Waals surface area (Å²) in [5.74, 6) is 0.223. The van der Waals surface area contributed by atoms with Crippen LogP contribution in [0.4, 0.5) is 0 Å². The van der Waals surface area contributed by atoms with Gasteiger partial charge in [-0.05, 0) is 51.7 Å². The second kappa shape index (κ2) is 6.04. The second-order valence-corrected chi connectivity index (χ2v) is 7.41. The van der Waals surface area contributed by atoms with E-state index in [1.807, 2.05) is 6.07 Å². The van der Waals surface area contributed by atoms with Crippen molar-refractivity contribution in [1.29, 1.82) is 0 Å². The lowest BCUT2D eigenvalue weighted by Crippen LogP contribution is -2.41. The number of hydrogen-bond acceptors (Lipinski definition) is 4. The molecule has 1 unspecified atom stereocenters. The first kappa shape index (κ1) is 16.7. The molecule has 5 heteroatoms. The molecule has 1 N–H and O–H groups in total. The average molecular weight is 315 g/mol. The molecule has 1 aliphatic heterocycles. The lowest BCUT2D eigenvalue weighted by Gasteiger charge is -2.32. The molecule has 0 bridgehead atoms. The third-order valence-electron chi connectivity index (χ3n) is 5.37. The van der Waals surface area contributed by atoms with E-state index in [4.69, 9.17) is 14.4 Å². The van der Waals surface area contributed by atoms with E-state index in [1.54, 1.807) is 0 Å². The van der Waals surface area contributed by atoms with Crippen LogP contribution in [0.25, 0.3) is 0 Å². The third kappa shape index (κ3) is 2.98. The van der Waals surface area contributed by atoms with Gasteiger partial charge >= 0.3 is 7.12 Å². The number of nitrogens with zero attached hydrogens (tertiary/aromatic N) is 1. The maximum Gasteiger partial charge on any atom is 0.465 e. The van der Waals surface area contributed by atoms with Crippen molar-refractivity contribution in [2.45, 2.75) is 57.6 Å². The van der Waals surface area contributed by atoms with E-state index in [1.165, 1.54) is 11.1 Å². The highest BCUT2D eigenvalue weighted by Gasteiger charge is 2.54. The molecule has 1 aliphatic carbocycles. The van der Waals surface area contributed by atoms with E-state index in [9.17, 15) is 0 Å². The lowest BCUT2D eigenvalue weighted by molar-refractivity contribution is 0.00578. The molecule has 124 valence electrons. The minimum absolute atomic E-state index is 0.0896. The Balaban J connectivity index is 1.91. The van der Waals surface area contributed by atoms with Crippen LogP contribution in [-0.4, -0.2) is 42.3 Å². The van der Waals surface area contributed by atoms with Gasteiger partial charge in [0.05, 0.1) is 24.4 Å². The van der Waals surface area contributed by atoms with Gasteiger partial charge in [0, 0.05) is 11.5 Å². The number of aliphatic hydroxyl groups excluding tert-OH is 1. The fraction of sp³-hybridized carbons (Fsp3) is 0.611. The topological polar surface area (TPSA) is 51.0 Å². The van der Waals surface area contributed by atoms with Gasteiger partial charge in [-0.2, -0.15) is 0 Å². The van der Waals surface area contributed by atoms with Crippen LogP contribution in [0, 0.1) is 0 Å². The van der Waals surface area contributed by atoms with E-state index in [2.05, 4.69) is 50.9 Å². The molecule has 0 saturated carbocycles. The summed E-state index contributed by atoms with van der Waals surface area (Å²) in [5, 5.41) is 9.04. The van der Waals surface area contributed by atoms with Crippen LogP contribution in [0.5, 0.6) is 0 Å². The first-order valence-corrected chi connectivity index (χ1v) is 8.45. The SMILES string of the molecule is CC1(C)OB(C2CCC(=NCCO)c3ccccc32)OC1(C)C. The minimum Gasteiger partial charge on any atom is -0.403 e. The number of fused-ring (bicyclic) bond motifs is 1. The van der Waals surface area contributed by atoms with Crippen molar-refractivity contribution in [3.63, 3.8) is 0 Å². The van der Waals surface area contributed by atoms with Crippen molar-refractivity contribution in [3.8, 4) is 0 Å². The van der Waals surface area contributed by atoms with Gasteiger partial charge in [-0.25, -0.2) is 0 Å². The van der Waals surface area contributed by atoms with Crippen molar-refractivity contribution >= 4 is 12.8 Å². The molecule has 0 radical (unpaired) electrons. The summed E-state index contributed by atoms with van der Waals surface area (Å²) in [7, 11) is -0.222. The third-order valence-corrected chi connectivity index (χ3v) is 5.37. The molecule has 1 atom stereocenters. The molecule has 1 fully saturated rings. The van der Waals surface area contributed by atoms with Crippen LogP contribution in [-0.2, 0) is 9.31 Å². The van der Waals surface area contributed by atoms with Crippen LogP contribution >= 0.6 is 0 Å². The van der Waals surface area contributed by atoms with Crippen molar-refractivity contribution in [1.82, 2.24) is 0 Å². The van der Waals surface area contributed by atoms with Gasteiger partial charge in [-0.1, -0.05) is 24.3 Å². The molecule has 0 aromatic heterocycles. The number of rotatable bonds is 3. The largest absolute Gasteiger partial charge is 0.465 e. The van der Waals surface area contributed by atoms with Gasteiger partial charge in [-0.15, -0.1) is 0 Å². The number of benzene rings is 1. The number of aliphatic hydroxyl groups is 1. The Morgan fingerprint density at radius 1 is 1.17 bits per heavy atom. The molecule has 0 amide bonds. The number of hydrogen-bond donors (Lipinski definition) is 1. The zero-order valence-corrected chi connectivity index (χ0v) is 14.5. The Labute approximate surface area is 139 Å². The molecule has 1 aromatic rings. The quantitative estimate of drug-likeness (QED) is 0.873. The Kier molecular flexibility index (Phi) is 4.38. The highest BCUT2D eigenvalue weighted by atomic mass is 16.7. The molecular weight excluding hydrogens is 289 g/mol. The fourth-order valence-corrected chi connectivity index (χ4v) is 3.35. The van der Waals surface area contributed by atoms with E-state index < -0.39 is 0 Å². The van der Waals surface area contributed by atoms with E-state index in [-0.39, 0.29) is 30.7 Å². The summed E-state index contributed by atoms with van der Waals surface area (Å²) in [6.07, 6.45) is 1.85. The van der Waals surface area contributed by atoms with Gasteiger partial charge < -0.3 is 14.4 Å². The van der Waals surface area contributed by atoms with Gasteiger partial charge in [-0.3, -0.25) is 4.99 Å². The molecule has 4 nitrogen and oxygen atoms in total. The van der Waals surface area contributed by atoms with Crippen LogP contribution in [0.3, 0.4) is 0 Å². The molecule has 2 aliphatic rings. The van der Waals surface area contributed by atoms with Crippen LogP contribution in [0.1, 0.15) is 57.5 Å². The predicted molar refractivity (Wildman–Crippen MR) is 93.0 cm³/mol. The zero-order valence-electron chi connectivity index (χ0n) is 14.5. The highest BCUT2D eigenvalue weighted by Crippen LogP contribution is 2.44. The second-order valence-electron chi connectivity index (χ2n) is 7.41. The maximum atomic E-state index is 9.04. The fourth-order valence-electron chi connectivity index (χ4n) is 3.35. The van der Waals surface area contributed by atoms with Crippen LogP contribution in [0.15, 0.2) is 29.3 Å². The van der Waals surface area contributed by atoms with E-state index >= 15 is 0 Å².